The third-order valence-corrected chi connectivity index (χ3v) is 3.16. The van der Waals surface area contributed by atoms with Gasteiger partial charge in [0.15, 0.2) is 0 Å². The van der Waals surface area contributed by atoms with Crippen LogP contribution in [0.15, 0.2) is 18.2 Å². The molecule has 2 nitrogen and oxygen atoms in total. The lowest BCUT2D eigenvalue weighted by Gasteiger charge is -2.25. The van der Waals surface area contributed by atoms with Gasteiger partial charge in [-0.05, 0) is 44.5 Å². The number of benzene rings is 1. The van der Waals surface area contributed by atoms with Gasteiger partial charge in [0.2, 0.25) is 0 Å². The first-order chi connectivity index (χ1) is 6.63. The van der Waals surface area contributed by atoms with Crippen LogP contribution in [0, 0.1) is 0 Å². The van der Waals surface area contributed by atoms with Crippen molar-refractivity contribution in [3.63, 3.8) is 0 Å². The predicted molar refractivity (Wildman–Crippen MR) is 60.7 cm³/mol. The highest BCUT2D eigenvalue weighted by atomic mass is 14.9. The summed E-state index contributed by atoms with van der Waals surface area (Å²) in [7, 11) is 2.01. The molecule has 0 aromatic heterocycles. The monoisotopic (exact) mass is 190 g/mol. The van der Waals surface area contributed by atoms with Crippen LogP contribution in [0.2, 0.25) is 0 Å². The molecular formula is C12H18N2. The summed E-state index contributed by atoms with van der Waals surface area (Å²) in [6.07, 6.45) is 1.16. The molecule has 76 valence electrons. The van der Waals surface area contributed by atoms with Gasteiger partial charge in [0.05, 0.1) is 0 Å². The zero-order valence-corrected chi connectivity index (χ0v) is 9.15. The maximum absolute atomic E-state index is 3.38. The Bertz CT molecular complexity index is 342. The second kappa shape index (κ2) is 3.28. The van der Waals surface area contributed by atoms with E-state index in [4.69, 9.17) is 0 Å². The average molecular weight is 190 g/mol. The molecule has 0 radical (unpaired) electrons. The summed E-state index contributed by atoms with van der Waals surface area (Å²) in [5.74, 6) is 0. The average Bonchev–Trinajstić information content (AvgIpc) is 2.64. The van der Waals surface area contributed by atoms with Crippen LogP contribution in [0.4, 0.5) is 5.69 Å². The summed E-state index contributed by atoms with van der Waals surface area (Å²) < 4.78 is 0. The first kappa shape index (κ1) is 9.53. The molecular weight excluding hydrogens is 172 g/mol. The highest BCUT2D eigenvalue weighted by molar-refractivity contribution is 5.57. The molecule has 0 saturated carbocycles. The molecule has 0 bridgehead atoms. The third-order valence-electron chi connectivity index (χ3n) is 3.16. The Morgan fingerprint density at radius 2 is 2.14 bits per heavy atom. The zero-order chi connectivity index (χ0) is 10.2. The standard InChI is InChI=1S/C12H18N2/c1-12(2,13-3)10-4-5-11-9(8-10)6-7-14-11/h4-5,8,13-14H,6-7H2,1-3H3. The molecule has 14 heavy (non-hydrogen) atoms. The van der Waals surface area contributed by atoms with E-state index in [9.17, 15) is 0 Å². The van der Waals surface area contributed by atoms with Crippen LogP contribution in [0.1, 0.15) is 25.0 Å². The van der Waals surface area contributed by atoms with Gasteiger partial charge in [0, 0.05) is 17.8 Å². The van der Waals surface area contributed by atoms with Crippen molar-refractivity contribution in [1.82, 2.24) is 5.32 Å². The summed E-state index contributed by atoms with van der Waals surface area (Å²) in [6.45, 7) is 5.49. The molecule has 0 atom stereocenters. The molecule has 0 unspecified atom stereocenters. The number of rotatable bonds is 2. The fourth-order valence-corrected chi connectivity index (χ4v) is 1.84. The smallest absolute Gasteiger partial charge is 0.0375 e. The van der Waals surface area contributed by atoms with E-state index in [1.807, 2.05) is 7.05 Å². The molecule has 0 saturated heterocycles. The van der Waals surface area contributed by atoms with Crippen molar-refractivity contribution in [2.24, 2.45) is 0 Å². The molecule has 1 aromatic carbocycles. The van der Waals surface area contributed by atoms with E-state index in [2.05, 4.69) is 42.7 Å². The van der Waals surface area contributed by atoms with E-state index < -0.39 is 0 Å². The zero-order valence-electron chi connectivity index (χ0n) is 9.15. The second-order valence-electron chi connectivity index (χ2n) is 4.42. The van der Waals surface area contributed by atoms with Crippen LogP contribution in [0.5, 0.6) is 0 Å². The Morgan fingerprint density at radius 3 is 2.86 bits per heavy atom. The van der Waals surface area contributed by atoms with Crippen LogP contribution in [0.3, 0.4) is 0 Å². The topological polar surface area (TPSA) is 24.1 Å². The lowest BCUT2D eigenvalue weighted by Crippen LogP contribution is -2.33. The Morgan fingerprint density at radius 1 is 1.36 bits per heavy atom. The SMILES string of the molecule is CNC(C)(C)c1ccc2c(c1)CCN2. The molecule has 1 aliphatic rings. The molecule has 0 aliphatic carbocycles. The summed E-state index contributed by atoms with van der Waals surface area (Å²) in [4.78, 5) is 0. The van der Waals surface area contributed by atoms with E-state index in [0.717, 1.165) is 13.0 Å². The largest absolute Gasteiger partial charge is 0.384 e. The molecule has 2 N–H and O–H groups in total. The Labute approximate surface area is 85.7 Å². The van der Waals surface area contributed by atoms with Gasteiger partial charge in [-0.15, -0.1) is 0 Å². The van der Waals surface area contributed by atoms with Crippen LogP contribution in [-0.4, -0.2) is 13.6 Å². The van der Waals surface area contributed by atoms with Gasteiger partial charge in [-0.25, -0.2) is 0 Å². The van der Waals surface area contributed by atoms with Gasteiger partial charge in [0.25, 0.3) is 0 Å². The molecule has 1 aliphatic heterocycles. The summed E-state index contributed by atoms with van der Waals surface area (Å²) in [6, 6.07) is 6.70. The highest BCUT2D eigenvalue weighted by Crippen LogP contribution is 2.28. The molecule has 0 spiro atoms. The van der Waals surface area contributed by atoms with Gasteiger partial charge in [-0.1, -0.05) is 12.1 Å². The van der Waals surface area contributed by atoms with Crippen molar-refractivity contribution in [1.29, 1.82) is 0 Å². The van der Waals surface area contributed by atoms with Gasteiger partial charge < -0.3 is 10.6 Å². The molecule has 0 amide bonds. The number of nitrogens with one attached hydrogen (secondary N) is 2. The first-order valence-corrected chi connectivity index (χ1v) is 5.20. The maximum atomic E-state index is 3.38. The van der Waals surface area contributed by atoms with E-state index in [-0.39, 0.29) is 5.54 Å². The predicted octanol–water partition coefficient (Wildman–Crippen LogP) is 2.11. The minimum atomic E-state index is 0.0671. The maximum Gasteiger partial charge on any atom is 0.0375 e. The van der Waals surface area contributed by atoms with E-state index in [1.165, 1.54) is 16.8 Å². The molecule has 2 rings (SSSR count). The van der Waals surface area contributed by atoms with Gasteiger partial charge in [-0.3, -0.25) is 0 Å². The molecule has 2 heteroatoms. The van der Waals surface area contributed by atoms with Crippen molar-refractivity contribution in [2.75, 3.05) is 18.9 Å². The van der Waals surface area contributed by atoms with Crippen LogP contribution in [-0.2, 0) is 12.0 Å². The highest BCUT2D eigenvalue weighted by Gasteiger charge is 2.20. The lowest BCUT2D eigenvalue weighted by atomic mass is 9.92. The van der Waals surface area contributed by atoms with Crippen LogP contribution < -0.4 is 10.6 Å². The quantitative estimate of drug-likeness (QED) is 0.746. The third kappa shape index (κ3) is 1.50. The van der Waals surface area contributed by atoms with Crippen molar-refractivity contribution >= 4 is 5.69 Å². The van der Waals surface area contributed by atoms with Crippen molar-refractivity contribution in [2.45, 2.75) is 25.8 Å². The van der Waals surface area contributed by atoms with Gasteiger partial charge in [0.1, 0.15) is 0 Å². The fraction of sp³-hybridized carbons (Fsp3) is 0.500. The Hall–Kier alpha value is -1.02. The van der Waals surface area contributed by atoms with Crippen LogP contribution in [0.25, 0.3) is 0 Å². The second-order valence-corrected chi connectivity index (χ2v) is 4.42. The van der Waals surface area contributed by atoms with E-state index in [1.54, 1.807) is 0 Å². The molecule has 1 aromatic rings. The fourth-order valence-electron chi connectivity index (χ4n) is 1.84. The van der Waals surface area contributed by atoms with Crippen molar-refractivity contribution < 1.29 is 0 Å². The summed E-state index contributed by atoms with van der Waals surface area (Å²) >= 11 is 0. The summed E-state index contributed by atoms with van der Waals surface area (Å²) in [5, 5.41) is 6.70. The van der Waals surface area contributed by atoms with Gasteiger partial charge in [-0.2, -0.15) is 0 Å². The molecule has 1 heterocycles. The molecule has 0 fully saturated rings. The number of hydrogen-bond acceptors (Lipinski definition) is 2. The summed E-state index contributed by atoms with van der Waals surface area (Å²) in [5.41, 5.74) is 4.19. The lowest BCUT2D eigenvalue weighted by molar-refractivity contribution is 0.444. The minimum Gasteiger partial charge on any atom is -0.384 e. The number of anilines is 1. The minimum absolute atomic E-state index is 0.0671. The normalized spacial score (nSPS) is 15.1. The van der Waals surface area contributed by atoms with Gasteiger partial charge >= 0.3 is 0 Å². The van der Waals surface area contributed by atoms with Crippen molar-refractivity contribution in [3.8, 4) is 0 Å². The van der Waals surface area contributed by atoms with Crippen LogP contribution >= 0.6 is 0 Å². The van der Waals surface area contributed by atoms with E-state index >= 15 is 0 Å². The van der Waals surface area contributed by atoms with E-state index in [0.29, 0.717) is 0 Å². The Kier molecular flexibility index (Phi) is 2.23. The van der Waals surface area contributed by atoms with Crippen molar-refractivity contribution in [3.05, 3.63) is 29.3 Å². The number of fused-ring (bicyclic) bond motifs is 1. The number of hydrogen-bond donors (Lipinski definition) is 2. The first-order valence-electron chi connectivity index (χ1n) is 5.20. The Balaban J connectivity index is 2.38.